The minimum atomic E-state index is 0.346. The van der Waals surface area contributed by atoms with Gasteiger partial charge in [0.15, 0.2) is 11.5 Å². The van der Waals surface area contributed by atoms with E-state index in [0.29, 0.717) is 6.04 Å². The lowest BCUT2D eigenvalue weighted by molar-refractivity contribution is 0.248. The fraction of sp³-hybridized carbons (Fsp3) is 0.480. The first-order valence-corrected chi connectivity index (χ1v) is 11.1. The minimum Gasteiger partial charge on any atom is -0.493 e. The van der Waals surface area contributed by atoms with Gasteiger partial charge in [-0.25, -0.2) is 0 Å². The predicted octanol–water partition coefficient (Wildman–Crippen LogP) is 3.47. The second-order valence-electron chi connectivity index (χ2n) is 8.49. The maximum Gasteiger partial charge on any atom is 0.161 e. The molecule has 2 aliphatic heterocycles. The highest BCUT2D eigenvalue weighted by Crippen LogP contribution is 2.35. The number of hydrogen-bond acceptors (Lipinski definition) is 6. The third-order valence-electron chi connectivity index (χ3n) is 6.59. The van der Waals surface area contributed by atoms with Crippen LogP contribution in [0.4, 0.5) is 5.69 Å². The van der Waals surface area contributed by atoms with Crippen LogP contribution in [0.15, 0.2) is 41.5 Å². The highest BCUT2D eigenvalue weighted by Gasteiger charge is 2.25. The van der Waals surface area contributed by atoms with Gasteiger partial charge in [0, 0.05) is 50.0 Å². The molecule has 166 valence electrons. The van der Waals surface area contributed by atoms with Crippen molar-refractivity contribution >= 4 is 11.4 Å². The van der Waals surface area contributed by atoms with Crippen molar-refractivity contribution < 1.29 is 9.47 Å². The van der Waals surface area contributed by atoms with Crippen molar-refractivity contribution in [2.75, 3.05) is 59.4 Å². The second kappa shape index (κ2) is 9.18. The summed E-state index contributed by atoms with van der Waals surface area (Å²) < 4.78 is 11.2. The molecule has 0 radical (unpaired) electrons. The van der Waals surface area contributed by atoms with Crippen LogP contribution in [0.3, 0.4) is 0 Å². The Hall–Kier alpha value is -2.73. The number of fused-ring (bicyclic) bond motifs is 1. The zero-order valence-electron chi connectivity index (χ0n) is 19.4. The molecule has 2 heterocycles. The maximum absolute atomic E-state index is 5.61. The number of anilines is 1. The highest BCUT2D eigenvalue weighted by atomic mass is 16.5. The van der Waals surface area contributed by atoms with E-state index in [9.17, 15) is 0 Å². The maximum atomic E-state index is 5.61. The number of hydrogen-bond donors (Lipinski definition) is 0. The van der Waals surface area contributed by atoms with Crippen LogP contribution >= 0.6 is 0 Å². The van der Waals surface area contributed by atoms with Gasteiger partial charge in [-0.2, -0.15) is 5.10 Å². The molecular formula is C25H34N4O2. The quantitative estimate of drug-likeness (QED) is 0.738. The number of piperazine rings is 1. The van der Waals surface area contributed by atoms with Crippen molar-refractivity contribution in [3.05, 3.63) is 53.1 Å². The van der Waals surface area contributed by atoms with Crippen molar-refractivity contribution in [2.24, 2.45) is 5.10 Å². The minimum absolute atomic E-state index is 0.346. The van der Waals surface area contributed by atoms with Crippen LogP contribution in [0.25, 0.3) is 0 Å². The molecule has 0 aromatic heterocycles. The lowest BCUT2D eigenvalue weighted by atomic mass is 9.93. The van der Waals surface area contributed by atoms with E-state index in [0.717, 1.165) is 67.4 Å². The van der Waals surface area contributed by atoms with Crippen molar-refractivity contribution in [3.63, 3.8) is 0 Å². The molecule has 0 spiro atoms. The van der Waals surface area contributed by atoms with Crippen molar-refractivity contribution in [1.82, 2.24) is 9.91 Å². The number of benzene rings is 2. The van der Waals surface area contributed by atoms with Crippen LogP contribution in [0.1, 0.15) is 30.0 Å². The van der Waals surface area contributed by atoms with Gasteiger partial charge in [-0.3, -0.25) is 5.01 Å². The van der Waals surface area contributed by atoms with E-state index in [1.54, 1.807) is 14.2 Å². The van der Waals surface area contributed by atoms with Gasteiger partial charge in [0.05, 0.1) is 26.0 Å². The van der Waals surface area contributed by atoms with Crippen LogP contribution in [0.2, 0.25) is 0 Å². The van der Waals surface area contributed by atoms with Crippen molar-refractivity contribution in [3.8, 4) is 11.5 Å². The fourth-order valence-corrected chi connectivity index (χ4v) is 4.51. The van der Waals surface area contributed by atoms with Crippen LogP contribution in [0, 0.1) is 0 Å². The molecule has 0 N–H and O–H groups in total. The average molecular weight is 423 g/mol. The summed E-state index contributed by atoms with van der Waals surface area (Å²) in [5.41, 5.74) is 5.75. The molecule has 0 amide bonds. The lowest BCUT2D eigenvalue weighted by Crippen LogP contribution is -2.44. The summed E-state index contributed by atoms with van der Waals surface area (Å²) in [4.78, 5) is 4.84. The topological polar surface area (TPSA) is 40.5 Å². The Bertz CT molecular complexity index is 933. The first kappa shape index (κ1) is 21.5. The Balaban J connectivity index is 1.73. The Kier molecular flexibility index (Phi) is 6.37. The second-order valence-corrected chi connectivity index (χ2v) is 8.49. The summed E-state index contributed by atoms with van der Waals surface area (Å²) in [6.07, 6.45) is 1.96. The molecule has 1 saturated heterocycles. The zero-order valence-corrected chi connectivity index (χ0v) is 19.4. The number of ether oxygens (including phenoxy) is 2. The number of hydrazone groups is 1. The van der Waals surface area contributed by atoms with E-state index in [-0.39, 0.29) is 0 Å². The van der Waals surface area contributed by atoms with Crippen molar-refractivity contribution in [1.29, 1.82) is 0 Å². The Labute approximate surface area is 186 Å². The van der Waals surface area contributed by atoms with E-state index < -0.39 is 0 Å². The van der Waals surface area contributed by atoms with E-state index in [4.69, 9.17) is 14.6 Å². The highest BCUT2D eigenvalue weighted by molar-refractivity contribution is 6.14. The molecule has 6 heteroatoms. The largest absolute Gasteiger partial charge is 0.493 e. The Morgan fingerprint density at radius 3 is 2.19 bits per heavy atom. The first-order chi connectivity index (χ1) is 15.0. The summed E-state index contributed by atoms with van der Waals surface area (Å²) in [7, 11) is 7.64. The van der Waals surface area contributed by atoms with Gasteiger partial charge in [-0.1, -0.05) is 19.1 Å². The van der Waals surface area contributed by atoms with E-state index in [2.05, 4.69) is 72.2 Å². The molecule has 2 aromatic rings. The summed E-state index contributed by atoms with van der Waals surface area (Å²) in [5.74, 6) is 1.51. The van der Waals surface area contributed by atoms with Gasteiger partial charge in [0.2, 0.25) is 0 Å². The summed E-state index contributed by atoms with van der Waals surface area (Å²) >= 11 is 0. The van der Waals surface area contributed by atoms with Crippen molar-refractivity contribution in [2.45, 2.75) is 25.8 Å². The van der Waals surface area contributed by atoms with E-state index >= 15 is 0 Å². The number of rotatable bonds is 5. The van der Waals surface area contributed by atoms with Crippen LogP contribution in [0.5, 0.6) is 11.5 Å². The molecule has 1 fully saturated rings. The fourth-order valence-electron chi connectivity index (χ4n) is 4.51. The van der Waals surface area contributed by atoms with Gasteiger partial charge in [-0.05, 0) is 49.7 Å². The number of likely N-dealkylation sites (N-methyl/N-ethyl adjacent to an activating group) is 2. The SMILES string of the molecule is CCC1Cc2cc(OC)c(OC)cc2C(c2ccc(N3CCN(C)CC3)cc2)=NN1C. The van der Waals surface area contributed by atoms with Crippen LogP contribution in [-0.2, 0) is 6.42 Å². The van der Waals surface area contributed by atoms with Crippen LogP contribution < -0.4 is 14.4 Å². The first-order valence-electron chi connectivity index (χ1n) is 11.1. The van der Waals surface area contributed by atoms with Gasteiger partial charge in [0.25, 0.3) is 0 Å². The molecule has 1 atom stereocenters. The number of methoxy groups -OCH3 is 2. The number of nitrogens with zero attached hydrogens (tertiary/aromatic N) is 4. The molecule has 1 unspecified atom stereocenters. The molecule has 0 saturated carbocycles. The summed E-state index contributed by atoms with van der Waals surface area (Å²) in [6.45, 7) is 6.56. The van der Waals surface area contributed by atoms with Crippen LogP contribution in [-0.4, -0.2) is 76.2 Å². The average Bonchev–Trinajstić information content (AvgIpc) is 2.94. The summed E-state index contributed by atoms with van der Waals surface area (Å²) in [6, 6.07) is 13.4. The van der Waals surface area contributed by atoms with E-state index in [1.807, 2.05) is 0 Å². The van der Waals surface area contributed by atoms with Gasteiger partial charge < -0.3 is 19.3 Å². The zero-order chi connectivity index (χ0) is 22.0. The normalized spacial score (nSPS) is 19.5. The van der Waals surface area contributed by atoms with Gasteiger partial charge in [-0.15, -0.1) is 0 Å². The lowest BCUT2D eigenvalue weighted by Gasteiger charge is -2.34. The monoisotopic (exact) mass is 422 g/mol. The molecule has 2 aliphatic rings. The Morgan fingerprint density at radius 2 is 1.58 bits per heavy atom. The molecule has 31 heavy (non-hydrogen) atoms. The third-order valence-corrected chi connectivity index (χ3v) is 6.59. The Morgan fingerprint density at radius 1 is 0.935 bits per heavy atom. The molecule has 0 bridgehead atoms. The molecule has 0 aliphatic carbocycles. The van der Waals surface area contributed by atoms with E-state index in [1.165, 1.54) is 11.3 Å². The molecule has 4 rings (SSSR count). The summed E-state index contributed by atoms with van der Waals surface area (Å²) in [5, 5.41) is 7.17. The molecular weight excluding hydrogens is 388 g/mol. The van der Waals surface area contributed by atoms with Gasteiger partial charge in [0.1, 0.15) is 0 Å². The standard InChI is InChI=1S/C25H34N4O2/c1-6-20-15-19-16-23(30-4)24(31-5)17-22(19)25(26-28(20)3)18-7-9-21(10-8-18)29-13-11-27(2)12-14-29/h7-10,16-17,20H,6,11-15H2,1-5H3. The van der Waals surface area contributed by atoms with Gasteiger partial charge >= 0.3 is 0 Å². The molecule has 2 aromatic carbocycles. The molecule has 6 nitrogen and oxygen atoms in total. The third kappa shape index (κ3) is 4.35. The smallest absolute Gasteiger partial charge is 0.161 e. The predicted molar refractivity (Wildman–Crippen MR) is 127 cm³/mol.